The highest BCUT2D eigenvalue weighted by atomic mass is 16.2. The lowest BCUT2D eigenvalue weighted by Crippen LogP contribution is -2.48. The maximum Gasteiger partial charge on any atom is 0.226 e. The highest BCUT2D eigenvalue weighted by Crippen LogP contribution is 2.18. The first-order valence-electron chi connectivity index (χ1n) is 5.85. The maximum atomic E-state index is 12.0. The molecule has 0 aliphatic heterocycles. The van der Waals surface area contributed by atoms with Gasteiger partial charge in [-0.2, -0.15) is 0 Å². The van der Waals surface area contributed by atoms with Crippen molar-refractivity contribution in [2.24, 2.45) is 5.92 Å². The SMILES string of the molecule is CCNCC(C)C(=O)N(C)C(C)(C)CC. The molecule has 1 unspecified atom stereocenters. The van der Waals surface area contributed by atoms with Crippen LogP contribution in [0, 0.1) is 5.92 Å². The average Bonchev–Trinajstić information content (AvgIpc) is 2.23. The number of carbonyl (C=O) groups excluding carboxylic acids is 1. The van der Waals surface area contributed by atoms with Gasteiger partial charge in [-0.25, -0.2) is 0 Å². The molecule has 1 atom stereocenters. The summed E-state index contributed by atoms with van der Waals surface area (Å²) in [5.41, 5.74) is -0.0441. The summed E-state index contributed by atoms with van der Waals surface area (Å²) in [5, 5.41) is 3.21. The summed E-state index contributed by atoms with van der Waals surface area (Å²) in [7, 11) is 1.90. The van der Waals surface area contributed by atoms with E-state index < -0.39 is 0 Å². The summed E-state index contributed by atoms with van der Waals surface area (Å²) in [5.74, 6) is 0.281. The molecule has 0 fully saturated rings. The Bertz CT molecular complexity index is 202. The molecule has 0 aromatic carbocycles. The number of hydrogen-bond donors (Lipinski definition) is 1. The molecule has 0 spiro atoms. The Balaban J connectivity index is 4.31. The highest BCUT2D eigenvalue weighted by Gasteiger charge is 2.28. The van der Waals surface area contributed by atoms with Gasteiger partial charge in [0.15, 0.2) is 0 Å². The predicted molar refractivity (Wildman–Crippen MR) is 64.8 cm³/mol. The molecule has 1 N–H and O–H groups in total. The third kappa shape index (κ3) is 4.20. The zero-order chi connectivity index (χ0) is 12.1. The molecule has 0 rings (SSSR count). The average molecular weight is 214 g/mol. The maximum absolute atomic E-state index is 12.0. The first kappa shape index (κ1) is 14.4. The van der Waals surface area contributed by atoms with Crippen molar-refractivity contribution in [2.45, 2.75) is 46.6 Å². The molecular weight excluding hydrogens is 188 g/mol. The van der Waals surface area contributed by atoms with Crippen LogP contribution in [-0.2, 0) is 4.79 Å². The van der Waals surface area contributed by atoms with Gasteiger partial charge >= 0.3 is 0 Å². The minimum absolute atomic E-state index is 0.0441. The van der Waals surface area contributed by atoms with Crippen LogP contribution >= 0.6 is 0 Å². The number of hydrogen-bond acceptors (Lipinski definition) is 2. The van der Waals surface area contributed by atoms with E-state index in [0.29, 0.717) is 0 Å². The Labute approximate surface area is 94.2 Å². The van der Waals surface area contributed by atoms with Gasteiger partial charge in [-0.1, -0.05) is 20.8 Å². The van der Waals surface area contributed by atoms with Gasteiger partial charge in [-0.15, -0.1) is 0 Å². The lowest BCUT2D eigenvalue weighted by Gasteiger charge is -2.36. The highest BCUT2D eigenvalue weighted by molar-refractivity contribution is 5.79. The topological polar surface area (TPSA) is 32.3 Å². The molecule has 0 aromatic rings. The van der Waals surface area contributed by atoms with Gasteiger partial charge in [0.1, 0.15) is 0 Å². The molecule has 0 saturated heterocycles. The Morgan fingerprint density at radius 1 is 1.40 bits per heavy atom. The molecule has 1 amide bonds. The van der Waals surface area contributed by atoms with Crippen LogP contribution in [0.2, 0.25) is 0 Å². The summed E-state index contributed by atoms with van der Waals surface area (Å²) in [6, 6.07) is 0. The van der Waals surface area contributed by atoms with E-state index in [0.717, 1.165) is 19.5 Å². The lowest BCUT2D eigenvalue weighted by atomic mass is 9.98. The van der Waals surface area contributed by atoms with Crippen molar-refractivity contribution in [1.82, 2.24) is 10.2 Å². The molecule has 90 valence electrons. The minimum Gasteiger partial charge on any atom is -0.340 e. The Morgan fingerprint density at radius 2 is 1.93 bits per heavy atom. The fourth-order valence-corrected chi connectivity index (χ4v) is 1.31. The predicted octanol–water partition coefficient (Wildman–Crippen LogP) is 1.88. The molecule has 0 aliphatic carbocycles. The van der Waals surface area contributed by atoms with Gasteiger partial charge in [-0.05, 0) is 26.8 Å². The van der Waals surface area contributed by atoms with Crippen molar-refractivity contribution in [3.8, 4) is 0 Å². The second kappa shape index (κ2) is 6.11. The first-order valence-corrected chi connectivity index (χ1v) is 5.85. The van der Waals surface area contributed by atoms with Crippen molar-refractivity contribution in [3.05, 3.63) is 0 Å². The third-order valence-electron chi connectivity index (χ3n) is 3.23. The van der Waals surface area contributed by atoms with E-state index in [1.165, 1.54) is 0 Å². The van der Waals surface area contributed by atoms with Gasteiger partial charge in [0.2, 0.25) is 5.91 Å². The van der Waals surface area contributed by atoms with E-state index in [9.17, 15) is 4.79 Å². The summed E-state index contributed by atoms with van der Waals surface area (Å²) in [4.78, 5) is 13.9. The molecule has 0 aromatic heterocycles. The van der Waals surface area contributed by atoms with Crippen LogP contribution in [-0.4, -0.2) is 36.5 Å². The Kier molecular flexibility index (Phi) is 5.88. The van der Waals surface area contributed by atoms with Crippen LogP contribution in [0.15, 0.2) is 0 Å². The second-order valence-corrected chi connectivity index (χ2v) is 4.77. The van der Waals surface area contributed by atoms with Crippen molar-refractivity contribution < 1.29 is 4.79 Å². The van der Waals surface area contributed by atoms with Crippen LogP contribution in [0.1, 0.15) is 41.0 Å². The van der Waals surface area contributed by atoms with Crippen molar-refractivity contribution in [3.63, 3.8) is 0 Å². The normalized spacial score (nSPS) is 13.7. The van der Waals surface area contributed by atoms with E-state index in [1.54, 1.807) is 0 Å². The van der Waals surface area contributed by atoms with E-state index >= 15 is 0 Å². The molecule has 0 radical (unpaired) electrons. The lowest BCUT2D eigenvalue weighted by molar-refractivity contribution is -0.138. The van der Waals surface area contributed by atoms with E-state index in [-0.39, 0.29) is 17.4 Å². The zero-order valence-electron chi connectivity index (χ0n) is 11.1. The minimum atomic E-state index is -0.0441. The molecular formula is C12H26N2O. The number of amides is 1. The van der Waals surface area contributed by atoms with Crippen molar-refractivity contribution >= 4 is 5.91 Å². The second-order valence-electron chi connectivity index (χ2n) is 4.77. The van der Waals surface area contributed by atoms with Crippen molar-refractivity contribution in [1.29, 1.82) is 0 Å². The smallest absolute Gasteiger partial charge is 0.226 e. The first-order chi connectivity index (χ1) is 6.86. The van der Waals surface area contributed by atoms with Crippen molar-refractivity contribution in [2.75, 3.05) is 20.1 Å². The number of rotatable bonds is 6. The van der Waals surface area contributed by atoms with Gasteiger partial charge in [0.05, 0.1) is 0 Å². The fraction of sp³-hybridized carbons (Fsp3) is 0.917. The molecule has 3 heteroatoms. The number of nitrogens with zero attached hydrogens (tertiary/aromatic N) is 1. The summed E-state index contributed by atoms with van der Waals surface area (Å²) in [6.45, 7) is 12.0. The van der Waals surface area contributed by atoms with Crippen LogP contribution in [0.4, 0.5) is 0 Å². The number of carbonyl (C=O) groups is 1. The quantitative estimate of drug-likeness (QED) is 0.732. The molecule has 15 heavy (non-hydrogen) atoms. The zero-order valence-corrected chi connectivity index (χ0v) is 11.1. The standard InChI is InChI=1S/C12H26N2O/c1-7-12(4,5)14(6)11(15)10(3)9-13-8-2/h10,13H,7-9H2,1-6H3. The third-order valence-corrected chi connectivity index (χ3v) is 3.23. The Hall–Kier alpha value is -0.570. The van der Waals surface area contributed by atoms with E-state index in [4.69, 9.17) is 0 Å². The van der Waals surface area contributed by atoms with E-state index in [1.807, 2.05) is 18.9 Å². The molecule has 0 heterocycles. The van der Waals surface area contributed by atoms with Crippen LogP contribution < -0.4 is 5.32 Å². The van der Waals surface area contributed by atoms with Crippen LogP contribution in [0.3, 0.4) is 0 Å². The summed E-state index contributed by atoms with van der Waals surface area (Å²) < 4.78 is 0. The molecule has 3 nitrogen and oxygen atoms in total. The Morgan fingerprint density at radius 3 is 2.33 bits per heavy atom. The molecule has 0 bridgehead atoms. The van der Waals surface area contributed by atoms with Crippen LogP contribution in [0.5, 0.6) is 0 Å². The van der Waals surface area contributed by atoms with Gasteiger partial charge in [0, 0.05) is 25.0 Å². The summed E-state index contributed by atoms with van der Waals surface area (Å²) in [6.07, 6.45) is 0.975. The largest absolute Gasteiger partial charge is 0.340 e. The van der Waals surface area contributed by atoms with Gasteiger partial charge in [-0.3, -0.25) is 4.79 Å². The molecule has 0 aliphatic rings. The van der Waals surface area contributed by atoms with Gasteiger partial charge in [0.25, 0.3) is 0 Å². The summed E-state index contributed by atoms with van der Waals surface area (Å²) >= 11 is 0. The molecule has 0 saturated carbocycles. The monoisotopic (exact) mass is 214 g/mol. The fourth-order valence-electron chi connectivity index (χ4n) is 1.31. The number of nitrogens with one attached hydrogen (secondary N) is 1. The van der Waals surface area contributed by atoms with Gasteiger partial charge < -0.3 is 10.2 Å². The van der Waals surface area contributed by atoms with E-state index in [2.05, 4.69) is 33.0 Å². The van der Waals surface area contributed by atoms with Crippen LogP contribution in [0.25, 0.3) is 0 Å².